The van der Waals surface area contributed by atoms with Gasteiger partial charge in [-0.3, -0.25) is 10.1 Å². The molecule has 2 heterocycles. The second kappa shape index (κ2) is 9.33. The van der Waals surface area contributed by atoms with Gasteiger partial charge in [0.05, 0.1) is 4.92 Å². The smallest absolute Gasteiger partial charge is 0.292 e. The summed E-state index contributed by atoms with van der Waals surface area (Å²) in [4.78, 5) is 20.0. The number of anilines is 1. The van der Waals surface area contributed by atoms with Crippen molar-refractivity contribution in [1.82, 2.24) is 20.4 Å². The molecule has 2 aliphatic rings. The number of nitro benzene ring substituents is 1. The summed E-state index contributed by atoms with van der Waals surface area (Å²) in [6.45, 7) is 6.89. The van der Waals surface area contributed by atoms with Crippen LogP contribution in [0.25, 0.3) is 0 Å². The quantitative estimate of drug-likeness (QED) is 0.373. The lowest BCUT2D eigenvalue weighted by atomic mass is 10.2. The first-order valence-corrected chi connectivity index (χ1v) is 9.27. The lowest BCUT2D eigenvalue weighted by molar-refractivity contribution is -0.383. The molecule has 3 N–H and O–H groups in total. The Kier molecular flexibility index (Phi) is 6.61. The number of para-hydroxylation sites is 2. The van der Waals surface area contributed by atoms with Crippen LogP contribution in [-0.2, 0) is 0 Å². The predicted molar refractivity (Wildman–Crippen MR) is 107 cm³/mol. The van der Waals surface area contributed by atoms with Gasteiger partial charge in [0.15, 0.2) is 0 Å². The molecule has 0 radical (unpaired) electrons. The summed E-state index contributed by atoms with van der Waals surface area (Å²) in [5, 5.41) is 20.7. The van der Waals surface area contributed by atoms with E-state index < -0.39 is 4.92 Å². The van der Waals surface area contributed by atoms with Crippen molar-refractivity contribution < 1.29 is 4.92 Å². The highest BCUT2D eigenvalue weighted by atomic mass is 16.6. The highest BCUT2D eigenvalue weighted by Gasteiger charge is 2.15. The third-order valence-electron chi connectivity index (χ3n) is 4.72. The first kappa shape index (κ1) is 19.1. The summed E-state index contributed by atoms with van der Waals surface area (Å²) < 4.78 is 0. The zero-order valence-corrected chi connectivity index (χ0v) is 15.6. The Hall–Kier alpha value is -2.65. The highest BCUT2D eigenvalue weighted by Crippen LogP contribution is 2.24. The van der Waals surface area contributed by atoms with Gasteiger partial charge >= 0.3 is 0 Å². The molecule has 0 bridgehead atoms. The maximum absolute atomic E-state index is 11.1. The molecule has 9 nitrogen and oxygen atoms in total. The van der Waals surface area contributed by atoms with Crippen LogP contribution in [0, 0.1) is 10.1 Å². The number of aliphatic imine (C=N–C) groups is 1. The second-order valence-corrected chi connectivity index (χ2v) is 6.76. The fourth-order valence-electron chi connectivity index (χ4n) is 3.10. The molecule has 0 atom stereocenters. The predicted octanol–water partition coefficient (Wildman–Crippen LogP) is 1.03. The van der Waals surface area contributed by atoms with E-state index in [0.29, 0.717) is 18.2 Å². The fourth-order valence-corrected chi connectivity index (χ4v) is 3.10. The van der Waals surface area contributed by atoms with Crippen molar-refractivity contribution in [3.8, 4) is 0 Å². The normalized spacial score (nSPS) is 18.3. The Morgan fingerprint density at radius 1 is 1.26 bits per heavy atom. The SMILES string of the molecule is CN1CCN(CCCNC2=NCNC(Nc3ccccc3[N+](=O)[O-])=C2)CC1. The van der Waals surface area contributed by atoms with Gasteiger partial charge in [-0.15, -0.1) is 0 Å². The third kappa shape index (κ3) is 5.66. The Bertz CT molecular complexity index is 711. The molecular formula is C18H27N7O2. The van der Waals surface area contributed by atoms with Crippen molar-refractivity contribution >= 4 is 17.2 Å². The summed E-state index contributed by atoms with van der Waals surface area (Å²) in [6.07, 6.45) is 2.90. The molecule has 3 rings (SSSR count). The molecule has 0 amide bonds. The molecule has 1 aromatic rings. The zero-order chi connectivity index (χ0) is 19.1. The van der Waals surface area contributed by atoms with Crippen LogP contribution in [0.1, 0.15) is 6.42 Å². The first-order valence-electron chi connectivity index (χ1n) is 9.27. The van der Waals surface area contributed by atoms with E-state index >= 15 is 0 Å². The molecule has 2 aliphatic heterocycles. The van der Waals surface area contributed by atoms with E-state index in [1.165, 1.54) is 6.07 Å². The molecule has 146 valence electrons. The summed E-state index contributed by atoms with van der Waals surface area (Å²) in [5.41, 5.74) is 0.502. The topological polar surface area (TPSA) is 98.1 Å². The number of benzene rings is 1. The molecule has 0 aliphatic carbocycles. The third-order valence-corrected chi connectivity index (χ3v) is 4.72. The van der Waals surface area contributed by atoms with Crippen molar-refractivity contribution in [3.63, 3.8) is 0 Å². The van der Waals surface area contributed by atoms with Crippen LogP contribution in [0.5, 0.6) is 0 Å². The standard InChI is InChI=1S/C18H27N7O2/c1-23-9-11-24(12-10-23)8-4-7-19-17-13-18(21-14-20-17)22-15-5-2-3-6-16(15)25(26)27/h2-3,5-6,13,21-22H,4,7-12,14H2,1H3,(H,19,20). The number of hydrogen-bond donors (Lipinski definition) is 3. The number of hydrogen-bond acceptors (Lipinski definition) is 8. The van der Waals surface area contributed by atoms with Crippen LogP contribution in [0.3, 0.4) is 0 Å². The molecule has 1 fully saturated rings. The van der Waals surface area contributed by atoms with Crippen molar-refractivity contribution in [1.29, 1.82) is 0 Å². The Balaban J connectivity index is 1.46. The van der Waals surface area contributed by atoms with Gasteiger partial charge in [-0.05, 0) is 26.1 Å². The van der Waals surface area contributed by atoms with E-state index in [1.807, 2.05) is 6.08 Å². The van der Waals surface area contributed by atoms with Crippen molar-refractivity contribution in [2.75, 3.05) is 58.3 Å². The average Bonchev–Trinajstić information content (AvgIpc) is 2.67. The molecule has 0 unspecified atom stereocenters. The minimum Gasteiger partial charge on any atom is -0.370 e. The molecule has 0 saturated carbocycles. The summed E-state index contributed by atoms with van der Waals surface area (Å²) >= 11 is 0. The van der Waals surface area contributed by atoms with E-state index in [4.69, 9.17) is 0 Å². The van der Waals surface area contributed by atoms with Gasteiger partial charge in [0.1, 0.15) is 24.0 Å². The van der Waals surface area contributed by atoms with Gasteiger partial charge in [-0.2, -0.15) is 0 Å². The second-order valence-electron chi connectivity index (χ2n) is 6.76. The summed E-state index contributed by atoms with van der Waals surface area (Å²) in [7, 11) is 2.16. The van der Waals surface area contributed by atoms with E-state index in [2.05, 4.69) is 37.8 Å². The number of amidine groups is 1. The van der Waals surface area contributed by atoms with E-state index in [1.54, 1.807) is 18.2 Å². The molecule has 0 aromatic heterocycles. The number of piperazine rings is 1. The van der Waals surface area contributed by atoms with Crippen LogP contribution >= 0.6 is 0 Å². The molecule has 9 heteroatoms. The summed E-state index contributed by atoms with van der Waals surface area (Å²) in [5.74, 6) is 1.48. The fraction of sp³-hybridized carbons (Fsp3) is 0.500. The maximum Gasteiger partial charge on any atom is 0.292 e. The Labute approximate surface area is 159 Å². The van der Waals surface area contributed by atoms with Gasteiger partial charge in [0.2, 0.25) is 0 Å². The zero-order valence-electron chi connectivity index (χ0n) is 15.6. The van der Waals surface area contributed by atoms with Crippen LogP contribution in [-0.4, -0.2) is 73.5 Å². The average molecular weight is 373 g/mol. The molecule has 1 aromatic carbocycles. The lowest BCUT2D eigenvalue weighted by Gasteiger charge is -2.32. The molecule has 0 spiro atoms. The van der Waals surface area contributed by atoms with Crippen LogP contribution in [0.2, 0.25) is 0 Å². The molecular weight excluding hydrogens is 346 g/mol. The van der Waals surface area contributed by atoms with Crippen LogP contribution < -0.4 is 16.0 Å². The number of rotatable bonds is 7. The van der Waals surface area contributed by atoms with Crippen molar-refractivity contribution in [3.05, 3.63) is 46.3 Å². The van der Waals surface area contributed by atoms with Crippen molar-refractivity contribution in [2.45, 2.75) is 6.42 Å². The Morgan fingerprint density at radius 3 is 2.81 bits per heavy atom. The minimum absolute atomic E-state index is 0.0457. The van der Waals surface area contributed by atoms with E-state index in [9.17, 15) is 10.1 Å². The number of nitrogens with zero attached hydrogens (tertiary/aromatic N) is 4. The van der Waals surface area contributed by atoms with Crippen LogP contribution in [0.15, 0.2) is 41.2 Å². The van der Waals surface area contributed by atoms with E-state index in [-0.39, 0.29) is 5.69 Å². The Morgan fingerprint density at radius 2 is 2.04 bits per heavy atom. The minimum atomic E-state index is -0.392. The largest absolute Gasteiger partial charge is 0.370 e. The highest BCUT2D eigenvalue weighted by molar-refractivity contribution is 5.94. The number of nitrogens with one attached hydrogen (secondary N) is 3. The lowest BCUT2D eigenvalue weighted by Crippen LogP contribution is -2.45. The molecule has 27 heavy (non-hydrogen) atoms. The number of nitro groups is 1. The van der Waals surface area contributed by atoms with E-state index in [0.717, 1.165) is 51.5 Å². The van der Waals surface area contributed by atoms with Gasteiger partial charge in [0, 0.05) is 44.9 Å². The van der Waals surface area contributed by atoms with Gasteiger partial charge in [-0.25, -0.2) is 4.99 Å². The maximum atomic E-state index is 11.1. The van der Waals surface area contributed by atoms with Crippen molar-refractivity contribution in [2.24, 2.45) is 4.99 Å². The monoisotopic (exact) mass is 373 g/mol. The van der Waals surface area contributed by atoms with Crippen LogP contribution in [0.4, 0.5) is 11.4 Å². The van der Waals surface area contributed by atoms with Gasteiger partial charge in [0.25, 0.3) is 5.69 Å². The number of likely N-dealkylation sites (N-methyl/N-ethyl adjacent to an activating group) is 1. The summed E-state index contributed by atoms with van der Waals surface area (Å²) in [6, 6.07) is 6.60. The van der Waals surface area contributed by atoms with Gasteiger partial charge < -0.3 is 25.8 Å². The van der Waals surface area contributed by atoms with Gasteiger partial charge in [-0.1, -0.05) is 12.1 Å². The first-order chi connectivity index (χ1) is 13.1. The molecule has 1 saturated heterocycles.